The maximum atomic E-state index is 12.7. The third kappa shape index (κ3) is 5.90. The second-order valence-electron chi connectivity index (χ2n) is 6.99. The smallest absolute Gasteiger partial charge is 0.409 e. The number of carboxylic acid groups (broad SMARTS) is 1. The van der Waals surface area contributed by atoms with Gasteiger partial charge in [-0.05, 0) is 61.4 Å². The molecule has 0 aliphatic rings. The third-order valence-electron chi connectivity index (χ3n) is 4.42. The standard InChI is InChI=1S/C23H20ClN3O4/c1-13-8-17(9-14(2)25-13)15-4-3-5-16(10-15)21(28)12-22(29)26-20-11-18(24)6-7-19(20)27-23(30)31/h3-11,27H,12H2,1-2H3,(H,26,29)(H,30,31). The zero-order valence-electron chi connectivity index (χ0n) is 16.9. The predicted molar refractivity (Wildman–Crippen MR) is 120 cm³/mol. The number of Topliss-reactive ketones (excluding diaryl/α,β-unsaturated/α-hetero) is 1. The molecular formula is C23H20ClN3O4. The highest BCUT2D eigenvalue weighted by molar-refractivity contribution is 6.31. The zero-order chi connectivity index (χ0) is 22.5. The van der Waals surface area contributed by atoms with Crippen LogP contribution < -0.4 is 10.6 Å². The fourth-order valence-electron chi connectivity index (χ4n) is 3.16. The van der Waals surface area contributed by atoms with Gasteiger partial charge in [0, 0.05) is 22.0 Å². The summed E-state index contributed by atoms with van der Waals surface area (Å²) < 4.78 is 0. The van der Waals surface area contributed by atoms with Crippen LogP contribution in [0.3, 0.4) is 0 Å². The molecule has 0 aliphatic heterocycles. The van der Waals surface area contributed by atoms with Gasteiger partial charge in [0.05, 0.1) is 17.8 Å². The number of amides is 2. The van der Waals surface area contributed by atoms with Crippen molar-refractivity contribution in [3.05, 3.63) is 76.6 Å². The van der Waals surface area contributed by atoms with Crippen LogP contribution in [-0.4, -0.2) is 27.9 Å². The molecule has 3 N–H and O–H groups in total. The highest BCUT2D eigenvalue weighted by Crippen LogP contribution is 2.26. The summed E-state index contributed by atoms with van der Waals surface area (Å²) >= 11 is 5.94. The van der Waals surface area contributed by atoms with E-state index in [1.54, 1.807) is 18.2 Å². The largest absolute Gasteiger partial charge is 0.465 e. The fraction of sp³-hybridized carbons (Fsp3) is 0.130. The number of benzene rings is 2. The molecule has 0 fully saturated rings. The van der Waals surface area contributed by atoms with E-state index in [2.05, 4.69) is 15.6 Å². The molecule has 0 saturated heterocycles. The lowest BCUT2D eigenvalue weighted by atomic mass is 9.99. The van der Waals surface area contributed by atoms with Crippen molar-refractivity contribution in [1.82, 2.24) is 4.98 Å². The van der Waals surface area contributed by atoms with E-state index in [0.29, 0.717) is 10.6 Å². The van der Waals surface area contributed by atoms with Crippen molar-refractivity contribution in [2.75, 3.05) is 10.6 Å². The molecule has 1 aromatic heterocycles. The number of hydrogen-bond acceptors (Lipinski definition) is 4. The average molecular weight is 438 g/mol. The number of carbonyl (C=O) groups excluding carboxylic acids is 2. The van der Waals surface area contributed by atoms with Crippen molar-refractivity contribution >= 4 is 40.8 Å². The number of nitrogens with one attached hydrogen (secondary N) is 2. The molecule has 7 nitrogen and oxygen atoms in total. The molecular weight excluding hydrogens is 418 g/mol. The molecule has 0 saturated carbocycles. The number of carbonyl (C=O) groups is 3. The minimum Gasteiger partial charge on any atom is -0.465 e. The first-order valence-corrected chi connectivity index (χ1v) is 9.77. The quantitative estimate of drug-likeness (QED) is 0.357. The Hall–Kier alpha value is -3.71. The lowest BCUT2D eigenvalue weighted by molar-refractivity contribution is -0.115. The van der Waals surface area contributed by atoms with Gasteiger partial charge in [-0.25, -0.2) is 4.79 Å². The van der Waals surface area contributed by atoms with Crippen molar-refractivity contribution in [3.8, 4) is 11.1 Å². The Labute approximate surface area is 184 Å². The Kier molecular flexibility index (Phi) is 6.67. The monoisotopic (exact) mass is 437 g/mol. The Balaban J connectivity index is 1.76. The molecule has 0 bridgehead atoms. The lowest BCUT2D eigenvalue weighted by Gasteiger charge is -2.11. The fourth-order valence-corrected chi connectivity index (χ4v) is 3.33. The average Bonchev–Trinajstić information content (AvgIpc) is 2.69. The molecule has 2 aromatic carbocycles. The van der Waals surface area contributed by atoms with Crippen LogP contribution in [0.1, 0.15) is 28.2 Å². The molecule has 3 rings (SSSR count). The minimum absolute atomic E-state index is 0.156. The van der Waals surface area contributed by atoms with E-state index in [9.17, 15) is 14.4 Å². The maximum absolute atomic E-state index is 12.7. The molecule has 31 heavy (non-hydrogen) atoms. The summed E-state index contributed by atoms with van der Waals surface area (Å²) in [7, 11) is 0. The lowest BCUT2D eigenvalue weighted by Crippen LogP contribution is -2.18. The normalized spacial score (nSPS) is 10.4. The molecule has 8 heteroatoms. The second-order valence-corrected chi connectivity index (χ2v) is 7.42. The van der Waals surface area contributed by atoms with Gasteiger partial charge in [0.15, 0.2) is 5.78 Å². The number of aryl methyl sites for hydroxylation is 2. The highest BCUT2D eigenvalue weighted by Gasteiger charge is 2.15. The van der Waals surface area contributed by atoms with E-state index < -0.39 is 18.4 Å². The van der Waals surface area contributed by atoms with Crippen molar-refractivity contribution in [2.45, 2.75) is 20.3 Å². The van der Waals surface area contributed by atoms with Gasteiger partial charge in [-0.1, -0.05) is 29.8 Å². The first kappa shape index (κ1) is 22.0. The first-order valence-electron chi connectivity index (χ1n) is 9.39. The molecule has 158 valence electrons. The van der Waals surface area contributed by atoms with Crippen LogP contribution in [0.5, 0.6) is 0 Å². The van der Waals surface area contributed by atoms with Crippen molar-refractivity contribution in [1.29, 1.82) is 0 Å². The van der Waals surface area contributed by atoms with Gasteiger partial charge >= 0.3 is 6.09 Å². The van der Waals surface area contributed by atoms with E-state index >= 15 is 0 Å². The van der Waals surface area contributed by atoms with Crippen LogP contribution in [0, 0.1) is 13.8 Å². The summed E-state index contributed by atoms with van der Waals surface area (Å²) in [6, 6.07) is 15.2. The van der Waals surface area contributed by atoms with E-state index in [1.165, 1.54) is 18.2 Å². The SMILES string of the molecule is Cc1cc(-c2cccc(C(=O)CC(=O)Nc3cc(Cl)ccc3NC(=O)O)c2)cc(C)n1. The highest BCUT2D eigenvalue weighted by atomic mass is 35.5. The molecule has 0 unspecified atom stereocenters. The summed E-state index contributed by atoms with van der Waals surface area (Å²) in [4.78, 5) is 40.4. The van der Waals surface area contributed by atoms with Gasteiger partial charge in [-0.2, -0.15) is 0 Å². The zero-order valence-corrected chi connectivity index (χ0v) is 17.7. The molecule has 0 aliphatic carbocycles. The number of anilines is 2. The van der Waals surface area contributed by atoms with E-state index in [1.807, 2.05) is 32.0 Å². The molecule has 3 aromatic rings. The van der Waals surface area contributed by atoms with E-state index in [-0.39, 0.29) is 17.2 Å². The number of aromatic nitrogens is 1. The van der Waals surface area contributed by atoms with Gasteiger partial charge in [-0.3, -0.25) is 19.9 Å². The van der Waals surface area contributed by atoms with Crippen LogP contribution in [0.4, 0.5) is 16.2 Å². The maximum Gasteiger partial charge on any atom is 0.409 e. The summed E-state index contributed by atoms with van der Waals surface area (Å²) in [5.41, 5.74) is 4.26. The number of ketones is 1. The van der Waals surface area contributed by atoms with Crippen LogP contribution in [0.2, 0.25) is 5.02 Å². The third-order valence-corrected chi connectivity index (χ3v) is 4.65. The number of pyridine rings is 1. The topological polar surface area (TPSA) is 108 Å². The van der Waals surface area contributed by atoms with Gasteiger partial charge < -0.3 is 10.4 Å². The Morgan fingerprint density at radius 1 is 0.903 bits per heavy atom. The predicted octanol–water partition coefficient (Wildman–Crippen LogP) is 5.32. The number of halogens is 1. The summed E-state index contributed by atoms with van der Waals surface area (Å²) in [6.07, 6.45) is -1.69. The molecule has 0 atom stereocenters. The summed E-state index contributed by atoms with van der Waals surface area (Å²) in [5, 5.41) is 14.0. The Morgan fingerprint density at radius 2 is 1.61 bits per heavy atom. The van der Waals surface area contributed by atoms with Gasteiger partial charge in [-0.15, -0.1) is 0 Å². The van der Waals surface area contributed by atoms with Crippen molar-refractivity contribution in [3.63, 3.8) is 0 Å². The van der Waals surface area contributed by atoms with Gasteiger partial charge in [0.1, 0.15) is 0 Å². The minimum atomic E-state index is -1.28. The van der Waals surface area contributed by atoms with Crippen LogP contribution in [0.15, 0.2) is 54.6 Å². The summed E-state index contributed by atoms with van der Waals surface area (Å²) in [6.45, 7) is 3.80. The van der Waals surface area contributed by atoms with Crippen LogP contribution in [-0.2, 0) is 4.79 Å². The van der Waals surface area contributed by atoms with Crippen LogP contribution >= 0.6 is 11.6 Å². The van der Waals surface area contributed by atoms with Crippen molar-refractivity contribution in [2.24, 2.45) is 0 Å². The second kappa shape index (κ2) is 9.40. The number of nitrogens with zero attached hydrogens (tertiary/aromatic N) is 1. The number of rotatable bonds is 6. The number of hydrogen-bond donors (Lipinski definition) is 3. The Bertz CT molecular complexity index is 1160. The molecule has 0 radical (unpaired) electrons. The molecule has 2 amide bonds. The Morgan fingerprint density at radius 3 is 2.29 bits per heavy atom. The van der Waals surface area contributed by atoms with Gasteiger partial charge in [0.2, 0.25) is 5.91 Å². The molecule has 1 heterocycles. The van der Waals surface area contributed by atoms with Gasteiger partial charge in [0.25, 0.3) is 0 Å². The van der Waals surface area contributed by atoms with Crippen LogP contribution in [0.25, 0.3) is 11.1 Å². The van der Waals surface area contributed by atoms with E-state index in [4.69, 9.17) is 16.7 Å². The van der Waals surface area contributed by atoms with Crippen molar-refractivity contribution < 1.29 is 19.5 Å². The van der Waals surface area contributed by atoms with E-state index in [0.717, 1.165) is 22.5 Å². The first-order chi connectivity index (χ1) is 14.7. The molecule has 0 spiro atoms. The summed E-state index contributed by atoms with van der Waals surface area (Å²) in [5.74, 6) is -0.946.